The molecule has 2 N–H and O–H groups in total. The third-order valence-corrected chi connectivity index (χ3v) is 3.66. The fourth-order valence-electron chi connectivity index (χ4n) is 2.41. The molecule has 100 valence electrons. The van der Waals surface area contributed by atoms with Crippen LogP contribution in [0.2, 0.25) is 0 Å². The van der Waals surface area contributed by atoms with E-state index in [-0.39, 0.29) is 5.91 Å². The van der Waals surface area contributed by atoms with E-state index in [4.69, 9.17) is 5.73 Å². The molecule has 0 bridgehead atoms. The summed E-state index contributed by atoms with van der Waals surface area (Å²) in [5, 5.41) is 0. The van der Waals surface area contributed by atoms with Crippen molar-refractivity contribution >= 4 is 5.91 Å². The average Bonchev–Trinajstić information content (AvgIpc) is 2.60. The number of carbonyl (C=O) groups is 1. The predicted octanol–water partition coefficient (Wildman–Crippen LogP) is 3.64. The van der Waals surface area contributed by atoms with Crippen LogP contribution in [0.4, 0.5) is 0 Å². The fourth-order valence-corrected chi connectivity index (χ4v) is 2.41. The van der Waals surface area contributed by atoms with Gasteiger partial charge in [0.1, 0.15) is 0 Å². The third-order valence-electron chi connectivity index (χ3n) is 3.66. The molecule has 2 heteroatoms. The molecule has 1 amide bonds. The highest BCUT2D eigenvalue weighted by molar-refractivity contribution is 5.77. The lowest BCUT2D eigenvalue weighted by atomic mass is 10.0. The molecule has 0 fully saturated rings. The van der Waals surface area contributed by atoms with E-state index in [1.807, 2.05) is 0 Å². The number of fused-ring (bicyclic) bond motifs is 1. The maximum atomic E-state index is 11.0. The van der Waals surface area contributed by atoms with Crippen LogP contribution in [0.3, 0.4) is 0 Å². The molecular weight excluding hydrogens is 234 g/mol. The predicted molar refractivity (Wildman–Crippen MR) is 79.4 cm³/mol. The van der Waals surface area contributed by atoms with Crippen molar-refractivity contribution in [2.75, 3.05) is 0 Å². The summed E-state index contributed by atoms with van der Waals surface area (Å²) >= 11 is 0. The van der Waals surface area contributed by atoms with Gasteiger partial charge in [-0.25, -0.2) is 0 Å². The summed E-state index contributed by atoms with van der Waals surface area (Å²) in [6.45, 7) is 6.52. The van der Waals surface area contributed by atoms with Crippen molar-refractivity contribution in [3.63, 3.8) is 0 Å². The lowest BCUT2D eigenvalue weighted by Crippen LogP contribution is -2.11. The standard InChI is InChI=1S/C17H21NO/c1-11(2)14-6-5-13(7-9-17(18)19)15-8-4-12(3)16(15)10-14/h4-6,8,10-11H,7,9H2,1-3H3,(H2,18,19). The number of rotatable bonds is 4. The molecule has 0 aromatic carbocycles. The Morgan fingerprint density at radius 1 is 1.16 bits per heavy atom. The Bertz CT molecular complexity index is 572. The highest BCUT2D eigenvalue weighted by Gasteiger charge is 2.12. The number of primary amides is 1. The summed E-state index contributed by atoms with van der Waals surface area (Å²) in [6, 6.07) is 10.9. The molecule has 2 aliphatic rings. The summed E-state index contributed by atoms with van der Waals surface area (Å²) < 4.78 is 0. The topological polar surface area (TPSA) is 43.1 Å². The van der Waals surface area contributed by atoms with Gasteiger partial charge in [-0.05, 0) is 47.1 Å². The van der Waals surface area contributed by atoms with E-state index in [0.29, 0.717) is 18.8 Å². The molecule has 0 heterocycles. The Hall–Kier alpha value is -1.83. The zero-order valence-electron chi connectivity index (χ0n) is 11.9. The normalized spacial score (nSPS) is 11.2. The zero-order valence-corrected chi connectivity index (χ0v) is 11.9. The van der Waals surface area contributed by atoms with E-state index in [1.54, 1.807) is 0 Å². The SMILES string of the molecule is Cc1ccc2c(CCC(N)=O)ccc(C(C)C)cc1-2. The zero-order chi connectivity index (χ0) is 14.0. The lowest BCUT2D eigenvalue weighted by molar-refractivity contribution is -0.117. The number of hydrogen-bond donors (Lipinski definition) is 1. The van der Waals surface area contributed by atoms with Gasteiger partial charge in [-0.2, -0.15) is 0 Å². The van der Waals surface area contributed by atoms with E-state index < -0.39 is 0 Å². The van der Waals surface area contributed by atoms with Gasteiger partial charge >= 0.3 is 0 Å². The van der Waals surface area contributed by atoms with E-state index in [2.05, 4.69) is 51.1 Å². The maximum absolute atomic E-state index is 11.0. The second kappa shape index (κ2) is 5.43. The van der Waals surface area contributed by atoms with Gasteiger partial charge in [0.05, 0.1) is 0 Å². The van der Waals surface area contributed by atoms with E-state index in [1.165, 1.54) is 27.8 Å². The minimum Gasteiger partial charge on any atom is -0.370 e. The van der Waals surface area contributed by atoms with Crippen molar-refractivity contribution in [2.45, 2.75) is 39.5 Å². The molecule has 0 unspecified atom stereocenters. The largest absolute Gasteiger partial charge is 0.370 e. The average molecular weight is 255 g/mol. The van der Waals surface area contributed by atoms with Gasteiger partial charge in [-0.3, -0.25) is 4.79 Å². The summed E-state index contributed by atoms with van der Waals surface area (Å²) in [6.07, 6.45) is 1.11. The molecule has 0 saturated heterocycles. The number of nitrogens with two attached hydrogens (primary N) is 1. The maximum Gasteiger partial charge on any atom is 0.217 e. The van der Waals surface area contributed by atoms with Crippen LogP contribution in [0.15, 0.2) is 30.3 Å². The summed E-state index contributed by atoms with van der Waals surface area (Å²) in [4.78, 5) is 11.0. The second-order valence-electron chi connectivity index (χ2n) is 5.47. The van der Waals surface area contributed by atoms with Crippen LogP contribution in [-0.2, 0) is 11.2 Å². The molecule has 2 aliphatic carbocycles. The van der Waals surface area contributed by atoms with Gasteiger partial charge in [-0.15, -0.1) is 0 Å². The first-order chi connectivity index (χ1) is 8.99. The van der Waals surface area contributed by atoms with Crippen molar-refractivity contribution in [2.24, 2.45) is 5.73 Å². The number of carbonyl (C=O) groups excluding carboxylic acids is 1. The van der Waals surface area contributed by atoms with Crippen molar-refractivity contribution in [3.8, 4) is 11.1 Å². The number of amides is 1. The van der Waals surface area contributed by atoms with E-state index in [0.717, 1.165) is 0 Å². The van der Waals surface area contributed by atoms with Crippen LogP contribution in [0.25, 0.3) is 11.1 Å². The molecule has 19 heavy (non-hydrogen) atoms. The quantitative estimate of drug-likeness (QED) is 0.890. The molecule has 0 aromatic heterocycles. The molecule has 0 atom stereocenters. The van der Waals surface area contributed by atoms with Crippen LogP contribution in [0.1, 0.15) is 42.9 Å². The summed E-state index contributed by atoms with van der Waals surface area (Å²) in [5.74, 6) is 0.251. The van der Waals surface area contributed by atoms with E-state index in [9.17, 15) is 4.79 Å². The van der Waals surface area contributed by atoms with Gasteiger partial charge in [0, 0.05) is 6.42 Å². The lowest BCUT2D eigenvalue weighted by Gasteiger charge is -2.04. The Labute approximate surface area is 115 Å². The van der Waals surface area contributed by atoms with Crippen LogP contribution >= 0.6 is 0 Å². The molecule has 2 rings (SSSR count). The minimum absolute atomic E-state index is 0.244. The Morgan fingerprint density at radius 3 is 2.53 bits per heavy atom. The monoisotopic (exact) mass is 255 g/mol. The van der Waals surface area contributed by atoms with Gasteiger partial charge in [0.2, 0.25) is 5.91 Å². The van der Waals surface area contributed by atoms with E-state index >= 15 is 0 Å². The Balaban J connectivity index is 2.50. The highest BCUT2D eigenvalue weighted by atomic mass is 16.1. The number of aryl methyl sites for hydroxylation is 2. The minimum atomic E-state index is -0.244. The van der Waals surface area contributed by atoms with Crippen LogP contribution in [-0.4, -0.2) is 5.91 Å². The first-order valence-electron chi connectivity index (χ1n) is 6.79. The van der Waals surface area contributed by atoms with Crippen LogP contribution in [0, 0.1) is 6.92 Å². The van der Waals surface area contributed by atoms with Crippen LogP contribution in [0.5, 0.6) is 0 Å². The molecular formula is C17H21NO. The Kier molecular flexibility index (Phi) is 3.89. The van der Waals surface area contributed by atoms with Crippen molar-refractivity contribution < 1.29 is 4.79 Å². The fraction of sp³-hybridized carbons (Fsp3) is 0.353. The van der Waals surface area contributed by atoms with Gasteiger partial charge in [-0.1, -0.05) is 44.2 Å². The first kappa shape index (κ1) is 13.6. The Morgan fingerprint density at radius 2 is 1.89 bits per heavy atom. The molecule has 0 spiro atoms. The summed E-state index contributed by atoms with van der Waals surface area (Å²) in [5.41, 5.74) is 11.6. The number of hydrogen-bond acceptors (Lipinski definition) is 1. The second-order valence-corrected chi connectivity index (χ2v) is 5.47. The molecule has 0 saturated carbocycles. The third kappa shape index (κ3) is 2.95. The molecule has 2 nitrogen and oxygen atoms in total. The van der Waals surface area contributed by atoms with Gasteiger partial charge in [0.25, 0.3) is 0 Å². The van der Waals surface area contributed by atoms with Crippen molar-refractivity contribution in [1.82, 2.24) is 0 Å². The first-order valence-corrected chi connectivity index (χ1v) is 6.79. The molecule has 0 aromatic rings. The highest BCUT2D eigenvalue weighted by Crippen LogP contribution is 2.33. The van der Waals surface area contributed by atoms with Gasteiger partial charge < -0.3 is 5.73 Å². The molecule has 0 radical (unpaired) electrons. The molecule has 0 aliphatic heterocycles. The van der Waals surface area contributed by atoms with Crippen molar-refractivity contribution in [1.29, 1.82) is 0 Å². The van der Waals surface area contributed by atoms with Gasteiger partial charge in [0.15, 0.2) is 0 Å². The summed E-state index contributed by atoms with van der Waals surface area (Å²) in [7, 11) is 0. The van der Waals surface area contributed by atoms with Crippen LogP contribution < -0.4 is 5.73 Å². The smallest absolute Gasteiger partial charge is 0.217 e. The van der Waals surface area contributed by atoms with Crippen molar-refractivity contribution in [3.05, 3.63) is 47.0 Å².